The fraction of sp³-hybridized carbons (Fsp3) is 0.750. The van der Waals surface area contributed by atoms with Crippen molar-refractivity contribution in [2.45, 2.75) is 57.9 Å². The van der Waals surface area contributed by atoms with Crippen LogP contribution in [0.1, 0.15) is 52.7 Å². The van der Waals surface area contributed by atoms with E-state index in [1.54, 1.807) is 0 Å². The van der Waals surface area contributed by atoms with Gasteiger partial charge in [-0.25, -0.2) is 0 Å². The summed E-state index contributed by atoms with van der Waals surface area (Å²) >= 11 is 5.40. The molecule has 2 rings (SSSR count). The molecule has 0 unspecified atom stereocenters. The summed E-state index contributed by atoms with van der Waals surface area (Å²) in [5, 5.41) is 0. The number of nitrogens with one attached hydrogen (secondary N) is 1. The molecule has 84 valence electrons. The summed E-state index contributed by atoms with van der Waals surface area (Å²) in [6.07, 6.45) is 5.91. The number of hydrogen-bond acceptors (Lipinski definition) is 1. The predicted molar refractivity (Wildman–Crippen MR) is 65.8 cm³/mol. The van der Waals surface area contributed by atoms with Crippen molar-refractivity contribution in [2.75, 3.05) is 0 Å². The highest BCUT2D eigenvalue weighted by atomic mass is 32.1. The van der Waals surface area contributed by atoms with Crippen LogP contribution in [0.5, 0.6) is 0 Å². The Morgan fingerprint density at radius 2 is 2.00 bits per heavy atom. The van der Waals surface area contributed by atoms with Crippen LogP contribution in [0.15, 0.2) is 6.20 Å². The predicted octanol–water partition coefficient (Wildman–Crippen LogP) is 3.74. The van der Waals surface area contributed by atoms with Gasteiger partial charge in [0.1, 0.15) is 0 Å². The highest BCUT2D eigenvalue weighted by molar-refractivity contribution is 7.71. The van der Waals surface area contributed by atoms with Gasteiger partial charge in [-0.2, -0.15) is 0 Å². The van der Waals surface area contributed by atoms with Gasteiger partial charge in [-0.05, 0) is 38.4 Å². The van der Waals surface area contributed by atoms with E-state index in [0.29, 0.717) is 0 Å². The lowest BCUT2D eigenvalue weighted by Crippen LogP contribution is -2.40. The maximum atomic E-state index is 5.40. The molecule has 0 spiro atoms. The molecule has 2 nitrogen and oxygen atoms in total. The second-order valence-corrected chi connectivity index (χ2v) is 6.30. The summed E-state index contributed by atoms with van der Waals surface area (Å²) in [4.78, 5) is 3.20. The fourth-order valence-corrected chi connectivity index (χ4v) is 2.75. The zero-order valence-electron chi connectivity index (χ0n) is 10.1. The Morgan fingerprint density at radius 3 is 2.40 bits per heavy atom. The molecule has 1 aromatic heterocycles. The van der Waals surface area contributed by atoms with Gasteiger partial charge >= 0.3 is 0 Å². The molecule has 15 heavy (non-hydrogen) atoms. The first-order chi connectivity index (χ1) is 6.84. The third-order valence-corrected chi connectivity index (χ3v) is 3.82. The van der Waals surface area contributed by atoms with Gasteiger partial charge in [0.15, 0.2) is 4.77 Å². The van der Waals surface area contributed by atoms with Gasteiger partial charge in [0.05, 0.1) is 0 Å². The summed E-state index contributed by atoms with van der Waals surface area (Å²) in [6.45, 7) is 9.03. The standard InChI is InChI=1S/C12H20N2S/c1-11(2,3)9-8-13-10(15)14(9)12(4)6-5-7-12/h8H,5-7H2,1-4H3,(H,13,15). The minimum atomic E-state index is 0.159. The van der Waals surface area contributed by atoms with E-state index in [4.69, 9.17) is 12.2 Å². The smallest absolute Gasteiger partial charge is 0.177 e. The van der Waals surface area contributed by atoms with E-state index in [9.17, 15) is 0 Å². The van der Waals surface area contributed by atoms with Crippen molar-refractivity contribution in [3.05, 3.63) is 16.7 Å². The van der Waals surface area contributed by atoms with Gasteiger partial charge in [0, 0.05) is 22.8 Å². The molecule has 1 aliphatic rings. The molecule has 1 N–H and O–H groups in total. The summed E-state index contributed by atoms with van der Waals surface area (Å²) < 4.78 is 3.22. The van der Waals surface area contributed by atoms with Crippen LogP contribution in [0.25, 0.3) is 0 Å². The second-order valence-electron chi connectivity index (χ2n) is 5.91. The Hall–Kier alpha value is -0.570. The largest absolute Gasteiger partial charge is 0.337 e. The average molecular weight is 224 g/mol. The van der Waals surface area contributed by atoms with Crippen molar-refractivity contribution in [1.82, 2.24) is 9.55 Å². The highest BCUT2D eigenvalue weighted by Gasteiger charge is 2.37. The van der Waals surface area contributed by atoms with Gasteiger partial charge in [0.25, 0.3) is 0 Å². The summed E-state index contributed by atoms with van der Waals surface area (Å²) in [7, 11) is 0. The van der Waals surface area contributed by atoms with E-state index in [2.05, 4.69) is 43.4 Å². The Labute approximate surface area is 96.7 Å². The summed E-state index contributed by atoms with van der Waals surface area (Å²) in [5.41, 5.74) is 1.75. The van der Waals surface area contributed by atoms with E-state index in [0.717, 1.165) is 4.77 Å². The third kappa shape index (κ3) is 1.67. The molecule has 1 saturated carbocycles. The van der Waals surface area contributed by atoms with Crippen molar-refractivity contribution in [1.29, 1.82) is 0 Å². The Bertz CT molecular complexity index is 416. The Kier molecular flexibility index (Phi) is 2.34. The van der Waals surface area contributed by atoms with Crippen molar-refractivity contribution in [2.24, 2.45) is 0 Å². The normalized spacial score (nSPS) is 20.0. The molecular weight excluding hydrogens is 204 g/mol. The molecule has 0 atom stereocenters. The van der Waals surface area contributed by atoms with E-state index in [-0.39, 0.29) is 11.0 Å². The van der Waals surface area contributed by atoms with E-state index >= 15 is 0 Å². The van der Waals surface area contributed by atoms with Crippen LogP contribution in [0.3, 0.4) is 0 Å². The Morgan fingerprint density at radius 1 is 1.40 bits per heavy atom. The molecule has 1 aliphatic carbocycles. The number of nitrogens with zero attached hydrogens (tertiary/aromatic N) is 1. The van der Waals surface area contributed by atoms with Crippen LogP contribution in [-0.4, -0.2) is 9.55 Å². The van der Waals surface area contributed by atoms with Gasteiger partial charge in [0.2, 0.25) is 0 Å². The lowest BCUT2D eigenvalue weighted by atomic mass is 9.77. The fourth-order valence-electron chi connectivity index (χ4n) is 2.37. The first-order valence-electron chi connectivity index (χ1n) is 5.66. The van der Waals surface area contributed by atoms with Crippen molar-refractivity contribution >= 4 is 12.2 Å². The number of aromatic nitrogens is 2. The van der Waals surface area contributed by atoms with Gasteiger partial charge in [-0.1, -0.05) is 20.8 Å². The molecule has 1 fully saturated rings. The topological polar surface area (TPSA) is 20.7 Å². The molecule has 1 aromatic rings. The third-order valence-electron chi connectivity index (χ3n) is 3.52. The molecule has 0 aliphatic heterocycles. The minimum absolute atomic E-state index is 0.159. The summed E-state index contributed by atoms with van der Waals surface area (Å²) in [6, 6.07) is 0. The van der Waals surface area contributed by atoms with E-state index in [1.807, 2.05) is 0 Å². The molecule has 1 heterocycles. The molecular formula is C12H20N2S. The van der Waals surface area contributed by atoms with Crippen LogP contribution in [0, 0.1) is 4.77 Å². The Balaban J connectivity index is 2.55. The molecule has 0 radical (unpaired) electrons. The van der Waals surface area contributed by atoms with Crippen LogP contribution in [0.4, 0.5) is 0 Å². The van der Waals surface area contributed by atoms with Gasteiger partial charge < -0.3 is 9.55 Å². The zero-order valence-corrected chi connectivity index (χ0v) is 10.9. The van der Waals surface area contributed by atoms with Crippen molar-refractivity contribution in [3.8, 4) is 0 Å². The first-order valence-corrected chi connectivity index (χ1v) is 6.07. The molecule has 0 amide bonds. The van der Waals surface area contributed by atoms with Crippen LogP contribution in [-0.2, 0) is 11.0 Å². The minimum Gasteiger partial charge on any atom is -0.337 e. The zero-order chi connectivity index (χ0) is 11.3. The number of aromatic amines is 1. The maximum Gasteiger partial charge on any atom is 0.177 e. The molecule has 0 bridgehead atoms. The lowest BCUT2D eigenvalue weighted by Gasteiger charge is -2.42. The van der Waals surface area contributed by atoms with Crippen LogP contribution in [0.2, 0.25) is 0 Å². The first kappa shape index (κ1) is 10.9. The van der Waals surface area contributed by atoms with Crippen molar-refractivity contribution in [3.63, 3.8) is 0 Å². The molecule has 3 heteroatoms. The summed E-state index contributed by atoms with van der Waals surface area (Å²) in [5.74, 6) is 0. The van der Waals surface area contributed by atoms with Crippen LogP contribution < -0.4 is 0 Å². The van der Waals surface area contributed by atoms with E-state index < -0.39 is 0 Å². The van der Waals surface area contributed by atoms with Gasteiger partial charge in [-0.15, -0.1) is 0 Å². The second kappa shape index (κ2) is 3.21. The number of H-pyrrole nitrogens is 1. The quantitative estimate of drug-likeness (QED) is 0.721. The SMILES string of the molecule is CC(C)(C)c1c[nH]c(=S)n1C1(C)CCC1. The lowest BCUT2D eigenvalue weighted by molar-refractivity contribution is 0.157. The van der Waals surface area contributed by atoms with E-state index in [1.165, 1.54) is 25.0 Å². The van der Waals surface area contributed by atoms with Gasteiger partial charge in [-0.3, -0.25) is 0 Å². The highest BCUT2D eigenvalue weighted by Crippen LogP contribution is 2.41. The number of rotatable bonds is 1. The van der Waals surface area contributed by atoms with Crippen molar-refractivity contribution < 1.29 is 0 Å². The number of hydrogen-bond donors (Lipinski definition) is 1. The monoisotopic (exact) mass is 224 g/mol. The molecule has 0 saturated heterocycles. The number of imidazole rings is 1. The molecule has 0 aromatic carbocycles. The average Bonchev–Trinajstić information content (AvgIpc) is 2.42. The maximum absolute atomic E-state index is 5.40. The van der Waals surface area contributed by atoms with Crippen LogP contribution >= 0.6 is 12.2 Å².